The van der Waals surface area contributed by atoms with Crippen molar-refractivity contribution in [1.29, 1.82) is 0 Å². The van der Waals surface area contributed by atoms with Crippen molar-refractivity contribution < 1.29 is 0 Å². The minimum atomic E-state index is 0.201. The number of hydrogen-bond acceptors (Lipinski definition) is 1. The Morgan fingerprint density at radius 1 is 1.26 bits per heavy atom. The van der Waals surface area contributed by atoms with Gasteiger partial charge in [0.25, 0.3) is 0 Å². The van der Waals surface area contributed by atoms with E-state index in [1.807, 2.05) is 0 Å². The van der Waals surface area contributed by atoms with Gasteiger partial charge in [-0.2, -0.15) is 0 Å². The lowest BCUT2D eigenvalue weighted by Gasteiger charge is -2.22. The number of nitrogens with one attached hydrogen (secondary N) is 1. The molecule has 0 saturated heterocycles. The van der Waals surface area contributed by atoms with E-state index in [1.54, 1.807) is 0 Å². The molecule has 2 fully saturated rings. The third-order valence-electron chi connectivity index (χ3n) is 4.96. The van der Waals surface area contributed by atoms with Crippen molar-refractivity contribution >= 4 is 0 Å². The van der Waals surface area contributed by atoms with Crippen molar-refractivity contribution in [3.05, 3.63) is 24.0 Å². The molecule has 2 nitrogen and oxygen atoms in total. The molecule has 0 amide bonds. The van der Waals surface area contributed by atoms with Crippen LogP contribution in [0.25, 0.3) is 0 Å². The highest BCUT2D eigenvalue weighted by molar-refractivity contribution is 5.10. The molecule has 3 rings (SSSR count). The average Bonchev–Trinajstić information content (AvgIpc) is 3.01. The Balaban J connectivity index is 1.53. The van der Waals surface area contributed by atoms with Gasteiger partial charge in [0.2, 0.25) is 0 Å². The molecule has 2 saturated carbocycles. The molecule has 2 aliphatic carbocycles. The highest BCUT2D eigenvalue weighted by atomic mass is 15.0. The first-order chi connectivity index (χ1) is 8.99. The van der Waals surface area contributed by atoms with Crippen molar-refractivity contribution in [2.45, 2.75) is 65.1 Å². The van der Waals surface area contributed by atoms with E-state index in [9.17, 15) is 0 Å². The molecule has 0 spiro atoms. The predicted molar refractivity (Wildman–Crippen MR) is 80.0 cm³/mol. The smallest absolute Gasteiger partial charge is 0.0250 e. The zero-order chi connectivity index (χ0) is 13.5. The molecular weight excluding hydrogens is 232 g/mol. The van der Waals surface area contributed by atoms with Gasteiger partial charge < -0.3 is 9.88 Å². The largest absolute Gasteiger partial charge is 0.354 e. The molecule has 3 unspecified atom stereocenters. The second kappa shape index (κ2) is 4.97. The third-order valence-corrected chi connectivity index (χ3v) is 4.96. The standard InChI is InChI=1S/C17H28N2/c1-17(2,3)18-10-14-6-7-19(11-14)12-16-9-13-4-5-15(16)8-13/h6-7,11,13,15-16,18H,4-5,8-10,12H2,1-3H3. The summed E-state index contributed by atoms with van der Waals surface area (Å²) in [6, 6.07) is 2.27. The molecule has 3 atom stereocenters. The van der Waals surface area contributed by atoms with Gasteiger partial charge in [0.1, 0.15) is 0 Å². The first-order valence-corrected chi connectivity index (χ1v) is 7.89. The lowest BCUT2D eigenvalue weighted by atomic mass is 9.89. The number of nitrogens with zero attached hydrogens (tertiary/aromatic N) is 1. The molecule has 0 aliphatic heterocycles. The molecule has 1 N–H and O–H groups in total. The van der Waals surface area contributed by atoms with E-state index in [4.69, 9.17) is 0 Å². The summed E-state index contributed by atoms with van der Waals surface area (Å²) in [5.41, 5.74) is 1.62. The Labute approximate surface area is 117 Å². The number of rotatable bonds is 4. The molecular formula is C17H28N2. The quantitative estimate of drug-likeness (QED) is 0.871. The molecule has 1 aromatic heterocycles. The molecule has 2 bridgehead atoms. The summed E-state index contributed by atoms with van der Waals surface area (Å²) in [4.78, 5) is 0. The molecule has 19 heavy (non-hydrogen) atoms. The molecule has 2 aliphatic rings. The Kier molecular flexibility index (Phi) is 3.46. The van der Waals surface area contributed by atoms with Crippen LogP contribution >= 0.6 is 0 Å². The van der Waals surface area contributed by atoms with Crippen LogP contribution in [0.2, 0.25) is 0 Å². The summed E-state index contributed by atoms with van der Waals surface area (Å²) in [5.74, 6) is 3.05. The Bertz CT molecular complexity index is 427. The van der Waals surface area contributed by atoms with Crippen molar-refractivity contribution in [1.82, 2.24) is 9.88 Å². The SMILES string of the molecule is CC(C)(C)NCc1ccn(CC2CC3CCC2C3)c1. The number of aromatic nitrogens is 1. The van der Waals surface area contributed by atoms with Crippen molar-refractivity contribution in [3.63, 3.8) is 0 Å². The highest BCUT2D eigenvalue weighted by Gasteiger charge is 2.39. The van der Waals surface area contributed by atoms with Crippen LogP contribution in [0.3, 0.4) is 0 Å². The molecule has 2 heteroatoms. The fourth-order valence-corrected chi connectivity index (χ4v) is 3.95. The van der Waals surface area contributed by atoms with Gasteiger partial charge in [-0.15, -0.1) is 0 Å². The Morgan fingerprint density at radius 3 is 2.74 bits per heavy atom. The number of hydrogen-bond donors (Lipinski definition) is 1. The van der Waals surface area contributed by atoms with Gasteiger partial charge in [-0.3, -0.25) is 0 Å². The summed E-state index contributed by atoms with van der Waals surface area (Å²) in [5, 5.41) is 3.56. The van der Waals surface area contributed by atoms with E-state index in [2.05, 4.69) is 49.1 Å². The monoisotopic (exact) mass is 260 g/mol. The van der Waals surface area contributed by atoms with Crippen molar-refractivity contribution in [2.75, 3.05) is 0 Å². The van der Waals surface area contributed by atoms with Gasteiger partial charge in [0.05, 0.1) is 0 Å². The summed E-state index contributed by atoms with van der Waals surface area (Å²) in [6.45, 7) is 8.89. The first-order valence-electron chi connectivity index (χ1n) is 7.89. The Morgan fingerprint density at radius 2 is 2.11 bits per heavy atom. The maximum atomic E-state index is 3.56. The molecule has 0 radical (unpaired) electrons. The summed E-state index contributed by atoms with van der Waals surface area (Å²) < 4.78 is 2.42. The van der Waals surface area contributed by atoms with Crippen LogP contribution in [0.4, 0.5) is 0 Å². The highest BCUT2D eigenvalue weighted by Crippen LogP contribution is 2.48. The lowest BCUT2D eigenvalue weighted by molar-refractivity contribution is 0.296. The van der Waals surface area contributed by atoms with Crippen LogP contribution in [-0.4, -0.2) is 10.1 Å². The molecule has 0 aromatic carbocycles. The minimum absolute atomic E-state index is 0.201. The van der Waals surface area contributed by atoms with Gasteiger partial charge in [0.15, 0.2) is 0 Å². The first kappa shape index (κ1) is 13.2. The fourth-order valence-electron chi connectivity index (χ4n) is 3.95. The average molecular weight is 260 g/mol. The summed E-state index contributed by atoms with van der Waals surface area (Å²) in [6.07, 6.45) is 10.6. The van der Waals surface area contributed by atoms with Gasteiger partial charge in [-0.25, -0.2) is 0 Å². The zero-order valence-electron chi connectivity index (χ0n) is 12.7. The van der Waals surface area contributed by atoms with Crippen molar-refractivity contribution in [3.8, 4) is 0 Å². The van der Waals surface area contributed by atoms with Crippen LogP contribution in [0.5, 0.6) is 0 Å². The van der Waals surface area contributed by atoms with Crippen LogP contribution in [0, 0.1) is 17.8 Å². The molecule has 1 heterocycles. The molecule has 106 valence electrons. The van der Waals surface area contributed by atoms with Gasteiger partial charge >= 0.3 is 0 Å². The van der Waals surface area contributed by atoms with Crippen molar-refractivity contribution in [2.24, 2.45) is 17.8 Å². The second-order valence-corrected chi connectivity index (χ2v) is 7.76. The van der Waals surface area contributed by atoms with E-state index in [1.165, 1.54) is 37.8 Å². The van der Waals surface area contributed by atoms with Crippen LogP contribution < -0.4 is 5.32 Å². The number of fused-ring (bicyclic) bond motifs is 2. The van der Waals surface area contributed by atoms with Crippen LogP contribution in [0.15, 0.2) is 18.5 Å². The van der Waals surface area contributed by atoms with Gasteiger partial charge in [-0.05, 0) is 69.4 Å². The van der Waals surface area contributed by atoms with E-state index in [0.717, 1.165) is 24.3 Å². The second-order valence-electron chi connectivity index (χ2n) is 7.76. The topological polar surface area (TPSA) is 17.0 Å². The van der Waals surface area contributed by atoms with E-state index < -0.39 is 0 Å². The molecule has 1 aromatic rings. The van der Waals surface area contributed by atoms with Crippen LogP contribution in [-0.2, 0) is 13.1 Å². The third kappa shape index (κ3) is 3.22. The van der Waals surface area contributed by atoms with Crippen LogP contribution in [0.1, 0.15) is 52.0 Å². The van der Waals surface area contributed by atoms with E-state index >= 15 is 0 Å². The maximum Gasteiger partial charge on any atom is 0.0250 e. The predicted octanol–water partition coefficient (Wildman–Crippen LogP) is 3.81. The van der Waals surface area contributed by atoms with Gasteiger partial charge in [0, 0.05) is 31.0 Å². The van der Waals surface area contributed by atoms with Gasteiger partial charge in [-0.1, -0.05) is 6.42 Å². The Hall–Kier alpha value is -0.760. The maximum absolute atomic E-state index is 3.56. The minimum Gasteiger partial charge on any atom is -0.354 e. The normalized spacial score (nSPS) is 30.2. The summed E-state index contributed by atoms with van der Waals surface area (Å²) >= 11 is 0. The lowest BCUT2D eigenvalue weighted by Crippen LogP contribution is -2.34. The zero-order valence-corrected chi connectivity index (χ0v) is 12.7. The van der Waals surface area contributed by atoms with E-state index in [0.29, 0.717) is 0 Å². The van der Waals surface area contributed by atoms with E-state index in [-0.39, 0.29) is 5.54 Å². The summed E-state index contributed by atoms with van der Waals surface area (Å²) in [7, 11) is 0. The fraction of sp³-hybridized carbons (Fsp3) is 0.765.